The monoisotopic (exact) mass is 398 g/mol. The van der Waals surface area contributed by atoms with Crippen LogP contribution in [-0.4, -0.2) is 30.7 Å². The standard InChI is InChI=1S/C25H38N2O2/c1-15-11-17-13-18(27-29-19-7-10-26-14-19)5-8-24(17,3)20-6-9-25(4)21(22(15)20)12-16(2)23(25)28/h16-17,19-22,26H,1,5-14H2,2-4H3/t16?,17?,19?,20?,21?,22?,24-,25-/m0/s1. The molecule has 5 fully saturated rings. The number of hydrogen-bond acceptors (Lipinski definition) is 4. The van der Waals surface area contributed by atoms with Crippen LogP contribution >= 0.6 is 0 Å². The van der Waals surface area contributed by atoms with Gasteiger partial charge in [-0.05, 0) is 80.6 Å². The van der Waals surface area contributed by atoms with Gasteiger partial charge in [0.15, 0.2) is 0 Å². The van der Waals surface area contributed by atoms with Crippen LogP contribution in [0.2, 0.25) is 0 Å². The fourth-order valence-corrected chi connectivity index (χ4v) is 8.00. The Kier molecular flexibility index (Phi) is 4.73. The molecular formula is C25H38N2O2. The van der Waals surface area contributed by atoms with E-state index in [1.807, 2.05) is 0 Å². The fraction of sp³-hybridized carbons (Fsp3) is 0.840. The lowest BCUT2D eigenvalue weighted by molar-refractivity contribution is -0.135. The van der Waals surface area contributed by atoms with Gasteiger partial charge < -0.3 is 10.2 Å². The Hall–Kier alpha value is -1.16. The fourth-order valence-electron chi connectivity index (χ4n) is 8.00. The van der Waals surface area contributed by atoms with Crippen molar-refractivity contribution < 1.29 is 9.63 Å². The van der Waals surface area contributed by atoms with Crippen LogP contribution in [0.5, 0.6) is 0 Å². The highest BCUT2D eigenvalue weighted by Gasteiger charge is 2.62. The molecule has 0 bridgehead atoms. The molecule has 4 saturated carbocycles. The Morgan fingerprint density at radius 3 is 2.76 bits per heavy atom. The summed E-state index contributed by atoms with van der Waals surface area (Å²) in [5.41, 5.74) is 2.95. The molecule has 1 heterocycles. The Bertz CT molecular complexity index is 739. The number of hydrogen-bond donors (Lipinski definition) is 1. The second-order valence-electron chi connectivity index (χ2n) is 11.3. The lowest BCUT2D eigenvalue weighted by Gasteiger charge is -2.60. The molecule has 0 aromatic carbocycles. The number of ketones is 1. The highest BCUT2D eigenvalue weighted by Crippen LogP contribution is 2.66. The Morgan fingerprint density at radius 2 is 2.00 bits per heavy atom. The van der Waals surface area contributed by atoms with Gasteiger partial charge >= 0.3 is 0 Å². The third kappa shape index (κ3) is 2.96. The molecule has 1 saturated heterocycles. The number of allylic oxidation sites excluding steroid dienone is 1. The molecule has 4 aliphatic carbocycles. The summed E-state index contributed by atoms with van der Waals surface area (Å²) in [6.45, 7) is 13.5. The van der Waals surface area contributed by atoms with Gasteiger partial charge in [0.1, 0.15) is 11.9 Å². The lowest BCUT2D eigenvalue weighted by Crippen LogP contribution is -2.54. The zero-order valence-electron chi connectivity index (χ0n) is 18.5. The number of carbonyl (C=O) groups excluding carboxylic acids is 1. The van der Waals surface area contributed by atoms with E-state index in [0.717, 1.165) is 51.6 Å². The van der Waals surface area contributed by atoms with Crippen molar-refractivity contribution in [3.8, 4) is 0 Å². The SMILES string of the molecule is C=C1CC2CC(=NOC3CCNC3)CC[C@]2(C)C2CC[C@]3(C)C(=O)C(C)CC3C12. The molecule has 0 amide bonds. The minimum atomic E-state index is -0.100. The zero-order chi connectivity index (χ0) is 20.4. The van der Waals surface area contributed by atoms with E-state index in [4.69, 9.17) is 4.84 Å². The Balaban J connectivity index is 1.35. The van der Waals surface area contributed by atoms with Gasteiger partial charge in [-0.1, -0.05) is 38.1 Å². The predicted molar refractivity (Wildman–Crippen MR) is 116 cm³/mol. The van der Waals surface area contributed by atoms with Crippen LogP contribution in [0.4, 0.5) is 0 Å². The van der Waals surface area contributed by atoms with Crippen molar-refractivity contribution in [2.24, 2.45) is 45.6 Å². The molecule has 0 radical (unpaired) electrons. The largest absolute Gasteiger partial charge is 0.391 e. The number of Topliss-reactive ketones (excluding diaryl/α,β-unsaturated/α-hetero) is 1. The molecule has 5 aliphatic rings. The van der Waals surface area contributed by atoms with Crippen molar-refractivity contribution in [1.82, 2.24) is 5.32 Å². The number of carbonyl (C=O) groups is 1. The molecular weight excluding hydrogens is 360 g/mol. The first kappa shape index (κ1) is 19.8. The van der Waals surface area contributed by atoms with Crippen LogP contribution in [0.25, 0.3) is 0 Å². The smallest absolute Gasteiger partial charge is 0.141 e. The molecule has 6 unspecified atom stereocenters. The molecule has 0 spiro atoms. The average Bonchev–Trinajstić information content (AvgIpc) is 3.29. The highest BCUT2D eigenvalue weighted by atomic mass is 16.6. The van der Waals surface area contributed by atoms with Crippen molar-refractivity contribution in [2.45, 2.75) is 78.2 Å². The van der Waals surface area contributed by atoms with Gasteiger partial charge in [0.05, 0.1) is 5.71 Å². The van der Waals surface area contributed by atoms with E-state index in [1.54, 1.807) is 0 Å². The van der Waals surface area contributed by atoms with Gasteiger partial charge in [-0.25, -0.2) is 0 Å². The van der Waals surface area contributed by atoms with Gasteiger partial charge in [-0.15, -0.1) is 0 Å². The number of nitrogens with zero attached hydrogens (tertiary/aromatic N) is 1. The van der Waals surface area contributed by atoms with Gasteiger partial charge in [0, 0.05) is 24.3 Å². The van der Waals surface area contributed by atoms with Crippen molar-refractivity contribution in [3.63, 3.8) is 0 Å². The van der Waals surface area contributed by atoms with Crippen LogP contribution < -0.4 is 5.32 Å². The van der Waals surface area contributed by atoms with Crippen LogP contribution in [0, 0.1) is 40.4 Å². The molecule has 160 valence electrons. The summed E-state index contributed by atoms with van der Waals surface area (Å²) in [4.78, 5) is 18.8. The van der Waals surface area contributed by atoms with Gasteiger partial charge in [0.2, 0.25) is 0 Å². The maximum Gasteiger partial charge on any atom is 0.141 e. The van der Waals surface area contributed by atoms with E-state index in [0.29, 0.717) is 34.9 Å². The average molecular weight is 399 g/mol. The maximum atomic E-state index is 13.0. The zero-order valence-corrected chi connectivity index (χ0v) is 18.5. The summed E-state index contributed by atoms with van der Waals surface area (Å²) >= 11 is 0. The second kappa shape index (κ2) is 6.93. The summed E-state index contributed by atoms with van der Waals surface area (Å²) in [6, 6.07) is 0. The predicted octanol–water partition coefficient (Wildman–Crippen LogP) is 4.74. The van der Waals surface area contributed by atoms with Crippen molar-refractivity contribution in [2.75, 3.05) is 13.1 Å². The Labute approximate surface area is 175 Å². The number of nitrogens with one attached hydrogen (secondary N) is 1. The minimum Gasteiger partial charge on any atom is -0.391 e. The topological polar surface area (TPSA) is 50.7 Å². The van der Waals surface area contributed by atoms with E-state index in [9.17, 15) is 4.79 Å². The van der Waals surface area contributed by atoms with Crippen molar-refractivity contribution >= 4 is 11.5 Å². The van der Waals surface area contributed by atoms with E-state index in [-0.39, 0.29) is 17.4 Å². The molecule has 5 rings (SSSR count). The summed E-state index contributed by atoms with van der Waals surface area (Å²) in [7, 11) is 0. The quantitative estimate of drug-likeness (QED) is 0.540. The molecule has 1 N–H and O–H groups in total. The highest BCUT2D eigenvalue weighted by molar-refractivity contribution is 5.89. The Morgan fingerprint density at radius 1 is 1.17 bits per heavy atom. The lowest BCUT2D eigenvalue weighted by atomic mass is 9.44. The molecule has 4 nitrogen and oxygen atoms in total. The number of oxime groups is 1. The first-order chi connectivity index (χ1) is 13.8. The molecule has 8 atom stereocenters. The van der Waals surface area contributed by atoms with Gasteiger partial charge in [0.25, 0.3) is 0 Å². The van der Waals surface area contributed by atoms with E-state index >= 15 is 0 Å². The summed E-state index contributed by atoms with van der Waals surface area (Å²) in [5.74, 6) is 3.14. The molecule has 0 aromatic rings. The third-order valence-corrected chi connectivity index (χ3v) is 9.82. The second-order valence-corrected chi connectivity index (χ2v) is 11.3. The van der Waals surface area contributed by atoms with Crippen molar-refractivity contribution in [1.29, 1.82) is 0 Å². The minimum absolute atomic E-state index is 0.100. The molecule has 4 heteroatoms. The normalized spacial score (nSPS) is 50.9. The third-order valence-electron chi connectivity index (χ3n) is 9.82. The summed E-state index contributed by atoms with van der Waals surface area (Å²) in [6.07, 6.45) is 9.12. The van der Waals surface area contributed by atoms with Crippen LogP contribution in [-0.2, 0) is 9.63 Å². The van der Waals surface area contributed by atoms with Crippen LogP contribution in [0.3, 0.4) is 0 Å². The van der Waals surface area contributed by atoms with Crippen LogP contribution in [0.1, 0.15) is 72.1 Å². The van der Waals surface area contributed by atoms with Gasteiger partial charge in [-0.2, -0.15) is 0 Å². The number of rotatable bonds is 2. The first-order valence-electron chi connectivity index (χ1n) is 12.0. The molecule has 0 aromatic heterocycles. The van der Waals surface area contributed by atoms with Gasteiger partial charge in [-0.3, -0.25) is 4.79 Å². The molecule has 29 heavy (non-hydrogen) atoms. The van der Waals surface area contributed by atoms with E-state index in [1.165, 1.54) is 24.1 Å². The number of fused-ring (bicyclic) bond motifs is 5. The molecule has 1 aliphatic heterocycles. The van der Waals surface area contributed by atoms with E-state index < -0.39 is 0 Å². The summed E-state index contributed by atoms with van der Waals surface area (Å²) in [5, 5.41) is 7.95. The van der Waals surface area contributed by atoms with E-state index in [2.05, 4.69) is 37.8 Å². The van der Waals surface area contributed by atoms with Crippen LogP contribution in [0.15, 0.2) is 17.3 Å². The maximum absolute atomic E-state index is 13.0. The van der Waals surface area contributed by atoms with Crippen molar-refractivity contribution in [3.05, 3.63) is 12.2 Å². The first-order valence-corrected chi connectivity index (χ1v) is 12.0. The summed E-state index contributed by atoms with van der Waals surface area (Å²) < 4.78 is 0.